The van der Waals surface area contributed by atoms with Crippen LogP contribution in [0.1, 0.15) is 5.56 Å². The summed E-state index contributed by atoms with van der Waals surface area (Å²) in [5.41, 5.74) is 0.773. The first-order chi connectivity index (χ1) is 9.81. The Bertz CT molecular complexity index is 674. The van der Waals surface area contributed by atoms with Crippen LogP contribution >= 0.6 is 11.6 Å². The second kappa shape index (κ2) is 6.00. The summed E-state index contributed by atoms with van der Waals surface area (Å²) >= 11 is 5.90. The number of nitrogens with zero attached hydrogens (tertiary/aromatic N) is 1. The van der Waals surface area contributed by atoms with Crippen molar-refractivity contribution in [2.24, 2.45) is 0 Å². The van der Waals surface area contributed by atoms with E-state index in [-0.39, 0.29) is 30.4 Å². The van der Waals surface area contributed by atoms with Crippen molar-refractivity contribution in [1.82, 2.24) is 14.9 Å². The van der Waals surface area contributed by atoms with E-state index in [2.05, 4.69) is 10.0 Å². The summed E-state index contributed by atoms with van der Waals surface area (Å²) in [6.45, 7) is 1.62. The van der Waals surface area contributed by atoms with Crippen LogP contribution in [0.25, 0.3) is 0 Å². The molecule has 0 radical (unpaired) electrons. The third-order valence-corrected chi connectivity index (χ3v) is 4.88. The number of carbonyl (C=O) groups is 2. The summed E-state index contributed by atoms with van der Waals surface area (Å²) in [5.74, 6) is -0.377. The molecular formula is C12H14ClN3O4S. The largest absolute Gasteiger partial charge is 0.329 e. The lowest BCUT2D eigenvalue weighted by Gasteiger charge is -2.13. The number of amides is 3. The van der Waals surface area contributed by atoms with Crippen molar-refractivity contribution in [3.05, 3.63) is 28.8 Å². The minimum atomic E-state index is -3.73. The summed E-state index contributed by atoms with van der Waals surface area (Å²) in [6, 6.07) is 3.89. The summed E-state index contributed by atoms with van der Waals surface area (Å²) in [6.07, 6.45) is 0. The van der Waals surface area contributed by atoms with E-state index in [0.29, 0.717) is 5.02 Å². The lowest BCUT2D eigenvalue weighted by atomic mass is 10.2. The van der Waals surface area contributed by atoms with Gasteiger partial charge < -0.3 is 5.32 Å². The Labute approximate surface area is 127 Å². The van der Waals surface area contributed by atoms with E-state index >= 15 is 0 Å². The molecule has 0 unspecified atom stereocenters. The summed E-state index contributed by atoms with van der Waals surface area (Å²) in [7, 11) is -3.73. The standard InChI is InChI=1S/C12H14ClN3O4S/c1-8-2-3-9(6-10(8)13)21(19,20)15-4-5-16-11(17)7-14-12(16)18/h2-3,6,15H,4-5,7H2,1H3,(H,14,18). The minimum absolute atomic E-state index is 0.0243. The molecule has 1 aromatic carbocycles. The number of nitrogens with one attached hydrogen (secondary N) is 2. The first-order valence-corrected chi connectivity index (χ1v) is 8.01. The topological polar surface area (TPSA) is 95.6 Å². The Balaban J connectivity index is 2.00. The van der Waals surface area contributed by atoms with Gasteiger partial charge in [-0.15, -0.1) is 0 Å². The van der Waals surface area contributed by atoms with Crippen LogP contribution in [0.4, 0.5) is 4.79 Å². The predicted octanol–water partition coefficient (Wildman–Crippen LogP) is 0.479. The van der Waals surface area contributed by atoms with E-state index in [4.69, 9.17) is 11.6 Å². The molecule has 1 heterocycles. The number of hydrogen-bond donors (Lipinski definition) is 2. The molecule has 0 spiro atoms. The molecule has 0 aromatic heterocycles. The Morgan fingerprint density at radius 3 is 2.67 bits per heavy atom. The van der Waals surface area contributed by atoms with Crippen molar-refractivity contribution >= 4 is 33.6 Å². The zero-order valence-corrected chi connectivity index (χ0v) is 12.8. The van der Waals surface area contributed by atoms with Crippen LogP contribution < -0.4 is 10.0 Å². The van der Waals surface area contributed by atoms with Gasteiger partial charge in [0.05, 0.1) is 11.4 Å². The number of rotatable bonds is 5. The van der Waals surface area contributed by atoms with Crippen LogP contribution in [-0.2, 0) is 14.8 Å². The third kappa shape index (κ3) is 3.52. The quantitative estimate of drug-likeness (QED) is 0.767. The summed E-state index contributed by atoms with van der Waals surface area (Å²) in [5, 5.41) is 2.71. The van der Waals surface area contributed by atoms with Crippen LogP contribution in [0.3, 0.4) is 0 Å². The third-order valence-electron chi connectivity index (χ3n) is 3.02. The van der Waals surface area contributed by atoms with Gasteiger partial charge in [-0.1, -0.05) is 17.7 Å². The van der Waals surface area contributed by atoms with Crippen LogP contribution in [0, 0.1) is 6.92 Å². The Kier molecular flexibility index (Phi) is 4.50. The molecule has 1 saturated heterocycles. The molecule has 3 amide bonds. The second-order valence-corrected chi connectivity index (χ2v) is 6.69. The maximum atomic E-state index is 12.1. The molecule has 114 valence electrons. The predicted molar refractivity (Wildman–Crippen MR) is 76.5 cm³/mol. The number of urea groups is 1. The molecule has 0 saturated carbocycles. The van der Waals surface area contributed by atoms with Crippen LogP contribution in [-0.4, -0.2) is 44.9 Å². The van der Waals surface area contributed by atoms with E-state index in [1.807, 2.05) is 0 Å². The van der Waals surface area contributed by atoms with E-state index in [1.165, 1.54) is 12.1 Å². The minimum Gasteiger partial charge on any atom is -0.329 e. The van der Waals surface area contributed by atoms with Crippen molar-refractivity contribution in [1.29, 1.82) is 0 Å². The number of benzene rings is 1. The monoisotopic (exact) mass is 331 g/mol. The lowest BCUT2D eigenvalue weighted by molar-refractivity contribution is -0.124. The van der Waals surface area contributed by atoms with Gasteiger partial charge in [0, 0.05) is 18.1 Å². The Hall–Kier alpha value is -1.64. The fourth-order valence-corrected chi connectivity index (χ4v) is 3.09. The fraction of sp³-hybridized carbons (Fsp3) is 0.333. The fourth-order valence-electron chi connectivity index (χ4n) is 1.80. The van der Waals surface area contributed by atoms with Crippen molar-refractivity contribution < 1.29 is 18.0 Å². The second-order valence-electron chi connectivity index (χ2n) is 4.51. The smallest absolute Gasteiger partial charge is 0.324 e. The maximum absolute atomic E-state index is 12.1. The first kappa shape index (κ1) is 15.7. The Morgan fingerprint density at radius 1 is 1.38 bits per heavy atom. The van der Waals surface area contributed by atoms with Crippen LogP contribution in [0.2, 0.25) is 5.02 Å². The molecule has 2 rings (SSSR count). The molecule has 7 nitrogen and oxygen atoms in total. The highest BCUT2D eigenvalue weighted by Crippen LogP contribution is 2.19. The summed E-state index contributed by atoms with van der Waals surface area (Å²) in [4.78, 5) is 23.6. The Morgan fingerprint density at radius 2 is 2.10 bits per heavy atom. The molecule has 1 aromatic rings. The molecule has 0 bridgehead atoms. The van der Waals surface area contributed by atoms with Gasteiger partial charge in [-0.05, 0) is 24.6 Å². The number of hydrogen-bond acceptors (Lipinski definition) is 4. The van der Waals surface area contributed by atoms with Gasteiger partial charge in [0.25, 0.3) is 0 Å². The SMILES string of the molecule is Cc1ccc(S(=O)(=O)NCCN2C(=O)CNC2=O)cc1Cl. The van der Waals surface area contributed by atoms with E-state index < -0.39 is 16.1 Å². The molecule has 0 atom stereocenters. The van der Waals surface area contributed by atoms with Gasteiger partial charge >= 0.3 is 6.03 Å². The zero-order valence-electron chi connectivity index (χ0n) is 11.2. The van der Waals surface area contributed by atoms with Crippen molar-refractivity contribution in [2.45, 2.75) is 11.8 Å². The number of aryl methyl sites for hydroxylation is 1. The molecule has 1 fully saturated rings. The highest BCUT2D eigenvalue weighted by molar-refractivity contribution is 7.89. The van der Waals surface area contributed by atoms with Gasteiger partial charge in [-0.3, -0.25) is 9.69 Å². The van der Waals surface area contributed by atoms with Gasteiger partial charge in [0.15, 0.2) is 0 Å². The van der Waals surface area contributed by atoms with E-state index in [9.17, 15) is 18.0 Å². The lowest BCUT2D eigenvalue weighted by Crippen LogP contribution is -2.38. The van der Waals surface area contributed by atoms with Gasteiger partial charge in [0.1, 0.15) is 0 Å². The highest BCUT2D eigenvalue weighted by Gasteiger charge is 2.28. The van der Waals surface area contributed by atoms with E-state index in [1.54, 1.807) is 13.0 Å². The van der Waals surface area contributed by atoms with Crippen molar-refractivity contribution in [3.8, 4) is 0 Å². The van der Waals surface area contributed by atoms with Gasteiger partial charge in [-0.25, -0.2) is 17.9 Å². The van der Waals surface area contributed by atoms with Crippen LogP contribution in [0.5, 0.6) is 0 Å². The zero-order chi connectivity index (χ0) is 15.6. The van der Waals surface area contributed by atoms with Crippen molar-refractivity contribution in [2.75, 3.05) is 19.6 Å². The molecule has 21 heavy (non-hydrogen) atoms. The summed E-state index contributed by atoms with van der Waals surface area (Å²) < 4.78 is 26.4. The molecule has 1 aliphatic rings. The molecule has 1 aliphatic heterocycles. The van der Waals surface area contributed by atoms with Gasteiger partial charge in [-0.2, -0.15) is 0 Å². The number of halogens is 1. The highest BCUT2D eigenvalue weighted by atomic mass is 35.5. The maximum Gasteiger partial charge on any atom is 0.324 e. The molecule has 2 N–H and O–H groups in total. The van der Waals surface area contributed by atoms with Crippen LogP contribution in [0.15, 0.2) is 23.1 Å². The van der Waals surface area contributed by atoms with Gasteiger partial charge in [0.2, 0.25) is 15.9 Å². The normalized spacial score (nSPS) is 15.4. The van der Waals surface area contributed by atoms with Crippen molar-refractivity contribution in [3.63, 3.8) is 0 Å². The first-order valence-electron chi connectivity index (χ1n) is 6.15. The molecule has 0 aliphatic carbocycles. The number of carbonyl (C=O) groups excluding carboxylic acids is 2. The average Bonchev–Trinajstić information content (AvgIpc) is 2.73. The average molecular weight is 332 g/mol. The number of imide groups is 1. The van der Waals surface area contributed by atoms with E-state index in [0.717, 1.165) is 10.5 Å². The molecular weight excluding hydrogens is 318 g/mol. The molecule has 9 heteroatoms. The number of sulfonamides is 1.